The highest BCUT2D eigenvalue weighted by Gasteiger charge is 2.48. The van der Waals surface area contributed by atoms with Crippen LogP contribution in [0.3, 0.4) is 0 Å². The Hall–Kier alpha value is -2.64. The molecule has 5 rings (SSSR count). The first-order valence-corrected chi connectivity index (χ1v) is 9.35. The molecule has 0 saturated heterocycles. The molecule has 26 heavy (non-hydrogen) atoms. The number of aliphatic hydroxyl groups excluding tert-OH is 1. The molecule has 0 bridgehead atoms. The van der Waals surface area contributed by atoms with Gasteiger partial charge in [-0.05, 0) is 47.1 Å². The van der Waals surface area contributed by atoms with Crippen molar-refractivity contribution < 1.29 is 5.11 Å². The van der Waals surface area contributed by atoms with E-state index < -0.39 is 6.10 Å². The smallest absolute Gasteiger partial charge is 0.0892 e. The average Bonchev–Trinajstić information content (AvgIpc) is 3.23. The van der Waals surface area contributed by atoms with E-state index in [1.54, 1.807) is 0 Å². The van der Waals surface area contributed by atoms with Crippen molar-refractivity contribution in [2.45, 2.75) is 25.4 Å². The van der Waals surface area contributed by atoms with E-state index in [4.69, 9.17) is 0 Å². The lowest BCUT2D eigenvalue weighted by molar-refractivity contribution is 0.0651. The monoisotopic (exact) mass is 338 g/mol. The van der Waals surface area contributed by atoms with E-state index in [1.165, 1.54) is 27.8 Å². The van der Waals surface area contributed by atoms with Crippen molar-refractivity contribution in [1.29, 1.82) is 0 Å². The molecule has 0 amide bonds. The maximum atomic E-state index is 11.5. The number of fused-ring (bicyclic) bond motifs is 2. The highest BCUT2D eigenvalue weighted by molar-refractivity contribution is 5.66. The molecule has 2 aliphatic carbocycles. The minimum atomic E-state index is -0.459. The molecule has 0 fully saturated rings. The van der Waals surface area contributed by atoms with Crippen molar-refractivity contribution in [3.63, 3.8) is 0 Å². The Bertz CT molecular complexity index is 986. The molecule has 2 atom stereocenters. The predicted octanol–water partition coefficient (Wildman–Crippen LogP) is 5.14. The van der Waals surface area contributed by atoms with Gasteiger partial charge in [0.25, 0.3) is 0 Å². The van der Waals surface area contributed by atoms with Gasteiger partial charge >= 0.3 is 0 Å². The Labute approximate surface area is 154 Å². The standard InChI is InChI=1S/C25H22O/c26-24-23-13-7-6-12-21(23)17-25(24,16-18-8-2-1-3-9-18)22-14-19-10-4-5-11-20(19)15-22/h1-14,24,26H,15-17H2/t24-,25+/m1/s1. The van der Waals surface area contributed by atoms with Gasteiger partial charge in [0.2, 0.25) is 0 Å². The van der Waals surface area contributed by atoms with Crippen molar-refractivity contribution in [3.8, 4) is 0 Å². The topological polar surface area (TPSA) is 20.2 Å². The average molecular weight is 338 g/mol. The molecule has 2 aliphatic rings. The molecule has 0 saturated carbocycles. The Kier molecular flexibility index (Phi) is 3.58. The highest BCUT2D eigenvalue weighted by Crippen LogP contribution is 2.54. The Morgan fingerprint density at radius 1 is 0.808 bits per heavy atom. The summed E-state index contributed by atoms with van der Waals surface area (Å²) in [7, 11) is 0. The summed E-state index contributed by atoms with van der Waals surface area (Å²) in [5.74, 6) is 0. The maximum absolute atomic E-state index is 11.5. The fourth-order valence-electron chi connectivity index (χ4n) is 4.82. The van der Waals surface area contributed by atoms with Crippen LogP contribution < -0.4 is 0 Å². The predicted molar refractivity (Wildman–Crippen MR) is 106 cm³/mol. The fourth-order valence-corrected chi connectivity index (χ4v) is 4.82. The summed E-state index contributed by atoms with van der Waals surface area (Å²) < 4.78 is 0. The third-order valence-corrected chi connectivity index (χ3v) is 6.15. The van der Waals surface area contributed by atoms with Crippen LogP contribution in [-0.4, -0.2) is 5.11 Å². The second kappa shape index (κ2) is 5.96. The molecule has 0 radical (unpaired) electrons. The van der Waals surface area contributed by atoms with Gasteiger partial charge in [-0.1, -0.05) is 90.5 Å². The molecular weight excluding hydrogens is 316 g/mol. The van der Waals surface area contributed by atoms with Gasteiger partial charge in [0, 0.05) is 5.41 Å². The van der Waals surface area contributed by atoms with Gasteiger partial charge in [0.15, 0.2) is 0 Å². The van der Waals surface area contributed by atoms with Gasteiger partial charge in [-0.3, -0.25) is 0 Å². The van der Waals surface area contributed by atoms with E-state index in [9.17, 15) is 5.11 Å². The normalized spacial score (nSPS) is 23.4. The molecule has 3 aromatic rings. The molecule has 0 spiro atoms. The lowest BCUT2D eigenvalue weighted by Gasteiger charge is -2.35. The summed E-state index contributed by atoms with van der Waals surface area (Å²) in [6.07, 6.45) is 4.57. The third-order valence-electron chi connectivity index (χ3n) is 6.15. The second-order valence-electron chi connectivity index (χ2n) is 7.64. The van der Waals surface area contributed by atoms with Gasteiger partial charge in [-0.25, -0.2) is 0 Å². The summed E-state index contributed by atoms with van der Waals surface area (Å²) in [5, 5.41) is 11.5. The maximum Gasteiger partial charge on any atom is 0.0892 e. The summed E-state index contributed by atoms with van der Waals surface area (Å²) in [4.78, 5) is 0. The molecule has 128 valence electrons. The molecule has 1 N–H and O–H groups in total. The SMILES string of the molecule is O[C@@H]1c2ccccc2C[C@@]1(Cc1ccccc1)C1=Cc2ccccc2C1. The molecular formula is C25H22O. The van der Waals surface area contributed by atoms with Crippen molar-refractivity contribution in [2.75, 3.05) is 0 Å². The quantitative estimate of drug-likeness (QED) is 0.700. The number of hydrogen-bond donors (Lipinski definition) is 1. The summed E-state index contributed by atoms with van der Waals surface area (Å²) in [5.41, 5.74) is 7.45. The summed E-state index contributed by atoms with van der Waals surface area (Å²) in [6, 6.07) is 27.6. The van der Waals surface area contributed by atoms with E-state index in [2.05, 4.69) is 78.9 Å². The van der Waals surface area contributed by atoms with Crippen molar-refractivity contribution in [1.82, 2.24) is 0 Å². The zero-order valence-electron chi connectivity index (χ0n) is 14.7. The van der Waals surface area contributed by atoms with E-state index in [-0.39, 0.29) is 5.41 Å². The van der Waals surface area contributed by atoms with Gasteiger partial charge in [0.05, 0.1) is 6.10 Å². The second-order valence-corrected chi connectivity index (χ2v) is 7.64. The lowest BCUT2D eigenvalue weighted by Crippen LogP contribution is -2.31. The minimum absolute atomic E-state index is 0.260. The lowest BCUT2D eigenvalue weighted by atomic mass is 9.70. The number of rotatable bonds is 3. The van der Waals surface area contributed by atoms with Crippen LogP contribution in [0, 0.1) is 5.41 Å². The fraction of sp³-hybridized carbons (Fsp3) is 0.200. The Morgan fingerprint density at radius 3 is 2.27 bits per heavy atom. The molecule has 0 aromatic heterocycles. The van der Waals surface area contributed by atoms with E-state index in [0.717, 1.165) is 24.8 Å². The van der Waals surface area contributed by atoms with Crippen LogP contribution in [0.15, 0.2) is 84.4 Å². The number of benzene rings is 3. The largest absolute Gasteiger partial charge is 0.387 e. The van der Waals surface area contributed by atoms with Crippen molar-refractivity contribution in [3.05, 3.63) is 112 Å². The van der Waals surface area contributed by atoms with Crippen molar-refractivity contribution in [2.24, 2.45) is 5.41 Å². The zero-order valence-corrected chi connectivity index (χ0v) is 14.7. The van der Waals surface area contributed by atoms with Crippen LogP contribution in [0.5, 0.6) is 0 Å². The van der Waals surface area contributed by atoms with Crippen LogP contribution in [0.4, 0.5) is 0 Å². The first-order valence-electron chi connectivity index (χ1n) is 9.35. The van der Waals surface area contributed by atoms with Crippen LogP contribution in [-0.2, 0) is 19.3 Å². The van der Waals surface area contributed by atoms with Gasteiger partial charge in [-0.15, -0.1) is 0 Å². The first-order chi connectivity index (χ1) is 12.8. The first kappa shape index (κ1) is 15.6. The van der Waals surface area contributed by atoms with Crippen LogP contribution in [0.1, 0.15) is 33.9 Å². The zero-order chi connectivity index (χ0) is 17.6. The van der Waals surface area contributed by atoms with Crippen LogP contribution in [0.25, 0.3) is 6.08 Å². The van der Waals surface area contributed by atoms with Gasteiger partial charge in [0.1, 0.15) is 0 Å². The van der Waals surface area contributed by atoms with E-state index in [0.29, 0.717) is 0 Å². The van der Waals surface area contributed by atoms with Crippen molar-refractivity contribution >= 4 is 6.08 Å². The third kappa shape index (κ3) is 2.35. The summed E-state index contributed by atoms with van der Waals surface area (Å²) >= 11 is 0. The molecule has 1 heteroatoms. The Balaban J connectivity index is 1.62. The number of aliphatic hydroxyl groups is 1. The molecule has 0 unspecified atom stereocenters. The van der Waals surface area contributed by atoms with Gasteiger partial charge < -0.3 is 5.11 Å². The Morgan fingerprint density at radius 2 is 1.50 bits per heavy atom. The molecule has 0 heterocycles. The summed E-state index contributed by atoms with van der Waals surface area (Å²) in [6.45, 7) is 0. The molecule has 1 nitrogen and oxygen atoms in total. The van der Waals surface area contributed by atoms with E-state index >= 15 is 0 Å². The molecule has 3 aromatic carbocycles. The highest BCUT2D eigenvalue weighted by atomic mass is 16.3. The van der Waals surface area contributed by atoms with E-state index in [1.807, 2.05) is 6.07 Å². The van der Waals surface area contributed by atoms with Crippen LogP contribution >= 0.6 is 0 Å². The molecule has 0 aliphatic heterocycles. The minimum Gasteiger partial charge on any atom is -0.387 e. The van der Waals surface area contributed by atoms with Gasteiger partial charge in [-0.2, -0.15) is 0 Å². The van der Waals surface area contributed by atoms with Crippen LogP contribution in [0.2, 0.25) is 0 Å². The number of hydrogen-bond acceptors (Lipinski definition) is 1.